The number of nitrogens with zero attached hydrogens (tertiary/aromatic N) is 4. The van der Waals surface area contributed by atoms with Crippen LogP contribution >= 0.6 is 0 Å². The van der Waals surface area contributed by atoms with E-state index in [1.54, 1.807) is 31.3 Å². The molecule has 0 fully saturated rings. The number of carbonyl (C=O) groups excluding carboxylic acids is 1. The lowest BCUT2D eigenvalue weighted by molar-refractivity contribution is 0.0978. The molecule has 1 aromatic carbocycles. The van der Waals surface area contributed by atoms with Crippen LogP contribution in [0.15, 0.2) is 59.9 Å². The molecule has 0 unspecified atom stereocenters. The van der Waals surface area contributed by atoms with Crippen molar-refractivity contribution in [2.45, 2.75) is 52.6 Å². The van der Waals surface area contributed by atoms with Gasteiger partial charge in [-0.05, 0) is 69.5 Å². The van der Waals surface area contributed by atoms with Gasteiger partial charge >= 0.3 is 0 Å². The molecule has 1 N–H and O–H groups in total. The Morgan fingerprint density at radius 1 is 1.05 bits per heavy atom. The third-order valence-corrected chi connectivity index (χ3v) is 6.89. The Morgan fingerprint density at radius 3 is 2.46 bits per heavy atom. The molecule has 0 saturated heterocycles. The number of benzene rings is 1. The maximum absolute atomic E-state index is 13.2. The quantitative estimate of drug-likeness (QED) is 0.341. The van der Waals surface area contributed by atoms with Crippen LogP contribution < -0.4 is 9.46 Å². The van der Waals surface area contributed by atoms with Gasteiger partial charge in [-0.2, -0.15) is 13.5 Å². The van der Waals surface area contributed by atoms with Crippen molar-refractivity contribution in [3.05, 3.63) is 82.8 Å². The van der Waals surface area contributed by atoms with E-state index in [1.807, 2.05) is 43.8 Å². The first-order valence-electron chi connectivity index (χ1n) is 11.9. The highest BCUT2D eigenvalue weighted by Crippen LogP contribution is 2.32. The molecule has 4 rings (SSSR count). The molecule has 0 aliphatic carbocycles. The van der Waals surface area contributed by atoms with Gasteiger partial charge in [-0.1, -0.05) is 30.7 Å². The number of carbonyl (C=O) groups is 1. The number of amides is 1. The molecule has 4 aromatic rings. The summed E-state index contributed by atoms with van der Waals surface area (Å²) in [5.74, 6) is -0.337. The second-order valence-corrected chi connectivity index (χ2v) is 10.6. The zero-order valence-electron chi connectivity index (χ0n) is 21.4. The van der Waals surface area contributed by atoms with Crippen LogP contribution in [0, 0.1) is 27.7 Å². The van der Waals surface area contributed by atoms with E-state index in [0.717, 1.165) is 35.2 Å². The summed E-state index contributed by atoms with van der Waals surface area (Å²) in [5.41, 5.74) is 4.58. The van der Waals surface area contributed by atoms with Crippen LogP contribution in [0.1, 0.15) is 47.5 Å². The van der Waals surface area contributed by atoms with Gasteiger partial charge in [0.2, 0.25) is 5.88 Å². The predicted molar refractivity (Wildman–Crippen MR) is 142 cm³/mol. The normalized spacial score (nSPS) is 11.4. The van der Waals surface area contributed by atoms with Crippen molar-refractivity contribution in [3.63, 3.8) is 0 Å². The smallest absolute Gasteiger partial charge is 0.281 e. The fourth-order valence-electron chi connectivity index (χ4n) is 4.02. The molecular formula is C27H31N5O4S. The SMILES string of the molecule is CCCn1cc(-c2ccc(C(=O)NS(=O)(=O)c3cccc(C)n3)c(Oc3c(C)cc(C)cc3C)n2)cn1.[HH]. The van der Waals surface area contributed by atoms with Crippen LogP contribution in [0.25, 0.3) is 11.3 Å². The highest BCUT2D eigenvalue weighted by atomic mass is 32.2. The molecule has 0 saturated carbocycles. The van der Waals surface area contributed by atoms with E-state index in [0.29, 0.717) is 17.1 Å². The Hall–Kier alpha value is -4.05. The summed E-state index contributed by atoms with van der Waals surface area (Å²) < 4.78 is 35.8. The van der Waals surface area contributed by atoms with Crippen LogP contribution in [0.5, 0.6) is 11.6 Å². The molecule has 3 heterocycles. The number of aromatic nitrogens is 4. The van der Waals surface area contributed by atoms with Gasteiger partial charge in [0.1, 0.15) is 11.3 Å². The molecule has 0 bridgehead atoms. The number of aryl methyl sites for hydroxylation is 5. The van der Waals surface area contributed by atoms with Gasteiger partial charge in [-0.3, -0.25) is 9.48 Å². The van der Waals surface area contributed by atoms with Gasteiger partial charge in [-0.25, -0.2) is 14.7 Å². The van der Waals surface area contributed by atoms with Gasteiger partial charge in [0.25, 0.3) is 15.9 Å². The van der Waals surface area contributed by atoms with Crippen molar-refractivity contribution in [1.29, 1.82) is 0 Å². The predicted octanol–water partition coefficient (Wildman–Crippen LogP) is 5.14. The zero-order chi connectivity index (χ0) is 26.7. The molecule has 0 radical (unpaired) electrons. The second kappa shape index (κ2) is 10.5. The minimum Gasteiger partial charge on any atom is -0.438 e. The van der Waals surface area contributed by atoms with Crippen molar-refractivity contribution < 1.29 is 19.4 Å². The van der Waals surface area contributed by atoms with Crippen LogP contribution in [0.3, 0.4) is 0 Å². The molecule has 0 spiro atoms. The number of sulfonamides is 1. The Balaban J connectivity index is 0.00000400. The average molecular weight is 522 g/mol. The third kappa shape index (κ3) is 5.86. The minimum absolute atomic E-state index is 0. The lowest BCUT2D eigenvalue weighted by Gasteiger charge is -2.15. The third-order valence-electron chi connectivity index (χ3n) is 5.66. The summed E-state index contributed by atoms with van der Waals surface area (Å²) in [5, 5.41) is 4.10. The maximum Gasteiger partial charge on any atom is 0.281 e. The maximum atomic E-state index is 13.2. The van der Waals surface area contributed by atoms with Crippen LogP contribution in [-0.2, 0) is 16.6 Å². The minimum atomic E-state index is -4.21. The van der Waals surface area contributed by atoms with Crippen molar-refractivity contribution >= 4 is 15.9 Å². The van der Waals surface area contributed by atoms with Crippen LogP contribution in [0.2, 0.25) is 0 Å². The second-order valence-electron chi connectivity index (χ2n) is 8.92. The summed E-state index contributed by atoms with van der Waals surface area (Å²) in [6, 6.07) is 11.6. The number of pyridine rings is 2. The first-order chi connectivity index (χ1) is 17.6. The zero-order valence-corrected chi connectivity index (χ0v) is 22.3. The van der Waals surface area contributed by atoms with E-state index >= 15 is 0 Å². The summed E-state index contributed by atoms with van der Waals surface area (Å²) in [7, 11) is -4.21. The Kier molecular flexibility index (Phi) is 7.40. The number of hydrogen-bond donors (Lipinski definition) is 1. The largest absolute Gasteiger partial charge is 0.438 e. The molecule has 194 valence electrons. The van der Waals surface area contributed by atoms with E-state index in [2.05, 4.69) is 26.7 Å². The van der Waals surface area contributed by atoms with Crippen molar-refractivity contribution in [2.75, 3.05) is 0 Å². The number of nitrogens with one attached hydrogen (secondary N) is 1. The summed E-state index contributed by atoms with van der Waals surface area (Å²) in [6.07, 6.45) is 4.49. The Labute approximate surface area is 218 Å². The monoisotopic (exact) mass is 521 g/mol. The van der Waals surface area contributed by atoms with E-state index < -0.39 is 15.9 Å². The highest BCUT2D eigenvalue weighted by Gasteiger charge is 2.25. The van der Waals surface area contributed by atoms with Crippen molar-refractivity contribution in [2.24, 2.45) is 0 Å². The molecule has 0 aliphatic heterocycles. The lowest BCUT2D eigenvalue weighted by Crippen LogP contribution is -2.31. The summed E-state index contributed by atoms with van der Waals surface area (Å²) in [6.45, 7) is 10.3. The standard InChI is InChI=1S/C27H29N5O4S.H2/c1-6-12-32-16-21(15-28-32)23-11-10-22(26(33)31-37(34,35)24-9-7-8-20(5)29-24)27(30-23)36-25-18(3)13-17(2)14-19(25)4;/h7-11,13-16H,6,12H2,1-5H3,(H,31,33);1H. The number of ether oxygens (including phenoxy) is 1. The first-order valence-corrected chi connectivity index (χ1v) is 13.4. The highest BCUT2D eigenvalue weighted by molar-refractivity contribution is 7.90. The number of rotatable bonds is 8. The summed E-state index contributed by atoms with van der Waals surface area (Å²) >= 11 is 0. The van der Waals surface area contributed by atoms with E-state index in [-0.39, 0.29) is 17.9 Å². The Morgan fingerprint density at radius 2 is 1.78 bits per heavy atom. The van der Waals surface area contributed by atoms with Gasteiger partial charge < -0.3 is 4.74 Å². The molecule has 0 aliphatic rings. The van der Waals surface area contributed by atoms with Crippen LogP contribution in [-0.4, -0.2) is 34.1 Å². The molecule has 10 heteroatoms. The Bertz CT molecular complexity index is 1560. The molecule has 37 heavy (non-hydrogen) atoms. The van der Waals surface area contributed by atoms with Gasteiger partial charge in [0, 0.05) is 25.4 Å². The van der Waals surface area contributed by atoms with E-state index in [9.17, 15) is 13.2 Å². The van der Waals surface area contributed by atoms with Crippen molar-refractivity contribution in [1.82, 2.24) is 24.5 Å². The number of hydrogen-bond acceptors (Lipinski definition) is 7. The van der Waals surface area contributed by atoms with Gasteiger partial charge in [-0.15, -0.1) is 0 Å². The van der Waals surface area contributed by atoms with E-state index in [4.69, 9.17) is 4.74 Å². The van der Waals surface area contributed by atoms with E-state index in [1.165, 1.54) is 12.1 Å². The molecule has 9 nitrogen and oxygen atoms in total. The average Bonchev–Trinajstić information content (AvgIpc) is 3.30. The molecule has 1 amide bonds. The fraction of sp³-hybridized carbons (Fsp3) is 0.259. The summed E-state index contributed by atoms with van der Waals surface area (Å²) in [4.78, 5) is 21.9. The molecule has 3 aromatic heterocycles. The molecular weight excluding hydrogens is 490 g/mol. The van der Waals surface area contributed by atoms with Crippen molar-refractivity contribution in [3.8, 4) is 22.9 Å². The lowest BCUT2D eigenvalue weighted by atomic mass is 10.1. The van der Waals surface area contributed by atoms with Gasteiger partial charge in [0.05, 0.1) is 11.9 Å². The topological polar surface area (TPSA) is 116 Å². The van der Waals surface area contributed by atoms with Crippen LogP contribution in [0.4, 0.5) is 0 Å². The fourth-order valence-corrected chi connectivity index (χ4v) is 5.00. The van der Waals surface area contributed by atoms with Gasteiger partial charge in [0.15, 0.2) is 5.03 Å². The molecule has 0 atom stereocenters. The first kappa shape index (κ1) is 26.0.